The van der Waals surface area contributed by atoms with Crippen LogP contribution in [0.15, 0.2) is 34.7 Å². The predicted molar refractivity (Wildman–Crippen MR) is 87.0 cm³/mol. The number of likely N-dealkylation sites (tertiary alicyclic amines) is 1. The van der Waals surface area contributed by atoms with E-state index in [1.165, 1.54) is 0 Å². The number of oxazole rings is 1. The smallest absolute Gasteiger partial charge is 0.291 e. The largest absolute Gasteiger partial charge is 0.431 e. The molecular weight excluding hydrogens is 302 g/mol. The van der Waals surface area contributed by atoms with E-state index in [-0.39, 0.29) is 24.4 Å². The lowest BCUT2D eigenvalue weighted by molar-refractivity contribution is 0.0709. The van der Waals surface area contributed by atoms with E-state index in [0.29, 0.717) is 23.9 Å². The van der Waals surface area contributed by atoms with Gasteiger partial charge in [-0.05, 0) is 31.9 Å². The lowest BCUT2D eigenvalue weighted by Crippen LogP contribution is -2.40. The molecule has 1 aromatic carbocycles. The van der Waals surface area contributed by atoms with Crippen molar-refractivity contribution in [1.82, 2.24) is 9.88 Å². The quantitative estimate of drug-likeness (QED) is 0.943. The van der Waals surface area contributed by atoms with Gasteiger partial charge in [-0.2, -0.15) is 0 Å². The lowest BCUT2D eigenvalue weighted by atomic mass is 10.2. The normalized spacial score (nSPS) is 17.4. The second-order valence-corrected chi connectivity index (χ2v) is 5.33. The number of hydrogen-bond acceptors (Lipinski definition) is 4. The molecule has 22 heavy (non-hydrogen) atoms. The van der Waals surface area contributed by atoms with Crippen molar-refractivity contribution in [3.8, 4) is 11.5 Å². The first kappa shape index (κ1) is 16.5. The Hall–Kier alpha value is -1.85. The topological polar surface area (TPSA) is 72.4 Å². The molecular formula is C16H20ClN3O2. The summed E-state index contributed by atoms with van der Waals surface area (Å²) in [5.41, 5.74) is 7.23. The number of nitrogens with zero attached hydrogens (tertiary/aromatic N) is 2. The Morgan fingerprint density at radius 2 is 2.14 bits per heavy atom. The molecule has 1 saturated heterocycles. The molecule has 0 spiro atoms. The summed E-state index contributed by atoms with van der Waals surface area (Å²) in [4.78, 5) is 18.8. The summed E-state index contributed by atoms with van der Waals surface area (Å²) >= 11 is 0. The van der Waals surface area contributed by atoms with Crippen LogP contribution in [0.5, 0.6) is 0 Å². The van der Waals surface area contributed by atoms with Gasteiger partial charge in [-0.25, -0.2) is 4.98 Å². The molecule has 1 aromatic heterocycles. The lowest BCUT2D eigenvalue weighted by Gasteiger charge is -2.22. The minimum atomic E-state index is -0.102. The Morgan fingerprint density at radius 1 is 1.41 bits per heavy atom. The van der Waals surface area contributed by atoms with Crippen molar-refractivity contribution in [2.75, 3.05) is 13.1 Å². The Bertz CT molecular complexity index is 642. The maximum atomic E-state index is 12.6. The fourth-order valence-corrected chi connectivity index (χ4v) is 2.78. The zero-order valence-electron chi connectivity index (χ0n) is 12.5. The molecule has 6 heteroatoms. The van der Waals surface area contributed by atoms with Gasteiger partial charge in [0.1, 0.15) is 0 Å². The summed E-state index contributed by atoms with van der Waals surface area (Å²) in [5.74, 6) is 0.712. The zero-order chi connectivity index (χ0) is 14.8. The number of carbonyl (C=O) groups is 1. The van der Waals surface area contributed by atoms with Crippen LogP contribution in [0, 0.1) is 6.92 Å². The van der Waals surface area contributed by atoms with Crippen molar-refractivity contribution in [2.45, 2.75) is 25.8 Å². The number of aryl methyl sites for hydroxylation is 1. The third-order valence-corrected chi connectivity index (χ3v) is 3.92. The molecule has 5 nitrogen and oxygen atoms in total. The van der Waals surface area contributed by atoms with Crippen LogP contribution in [0.25, 0.3) is 11.5 Å². The van der Waals surface area contributed by atoms with E-state index >= 15 is 0 Å². The molecule has 2 heterocycles. The van der Waals surface area contributed by atoms with Crippen molar-refractivity contribution < 1.29 is 9.21 Å². The van der Waals surface area contributed by atoms with E-state index < -0.39 is 0 Å². The van der Waals surface area contributed by atoms with Crippen molar-refractivity contribution in [1.29, 1.82) is 0 Å². The third-order valence-electron chi connectivity index (χ3n) is 3.92. The molecule has 1 aliphatic heterocycles. The summed E-state index contributed by atoms with van der Waals surface area (Å²) in [6.07, 6.45) is 1.95. The first-order valence-electron chi connectivity index (χ1n) is 7.24. The molecule has 1 unspecified atom stereocenters. The molecule has 2 N–H and O–H groups in total. The molecule has 1 atom stereocenters. The van der Waals surface area contributed by atoms with Gasteiger partial charge in [0.15, 0.2) is 0 Å². The van der Waals surface area contributed by atoms with Gasteiger partial charge in [0, 0.05) is 24.7 Å². The van der Waals surface area contributed by atoms with Gasteiger partial charge in [0.25, 0.3) is 5.91 Å². The van der Waals surface area contributed by atoms with E-state index in [9.17, 15) is 4.79 Å². The Balaban J connectivity index is 0.00000176. The second kappa shape index (κ2) is 6.94. The number of halogens is 1. The van der Waals surface area contributed by atoms with Crippen LogP contribution >= 0.6 is 12.4 Å². The van der Waals surface area contributed by atoms with Gasteiger partial charge in [0.05, 0.1) is 5.69 Å². The molecule has 2 aromatic rings. The van der Waals surface area contributed by atoms with Gasteiger partial charge in [-0.3, -0.25) is 4.79 Å². The minimum Gasteiger partial charge on any atom is -0.431 e. The minimum absolute atomic E-state index is 0. The monoisotopic (exact) mass is 321 g/mol. The zero-order valence-corrected chi connectivity index (χ0v) is 13.3. The Morgan fingerprint density at radius 3 is 2.82 bits per heavy atom. The van der Waals surface area contributed by atoms with Gasteiger partial charge in [-0.15, -0.1) is 12.4 Å². The van der Waals surface area contributed by atoms with Crippen LogP contribution in [0.2, 0.25) is 0 Å². The first-order valence-corrected chi connectivity index (χ1v) is 7.24. The Labute approximate surface area is 135 Å². The summed E-state index contributed by atoms with van der Waals surface area (Å²) in [7, 11) is 0. The maximum absolute atomic E-state index is 12.6. The molecule has 0 saturated carbocycles. The predicted octanol–water partition coefficient (Wildman–Crippen LogP) is 2.64. The summed E-state index contributed by atoms with van der Waals surface area (Å²) in [6.45, 7) is 3.03. The van der Waals surface area contributed by atoms with Gasteiger partial charge < -0.3 is 15.1 Å². The number of rotatable bonds is 3. The highest BCUT2D eigenvalue weighted by Crippen LogP contribution is 2.25. The summed E-state index contributed by atoms with van der Waals surface area (Å²) in [6, 6.07) is 9.71. The third kappa shape index (κ3) is 3.00. The highest BCUT2D eigenvalue weighted by molar-refractivity contribution is 5.93. The van der Waals surface area contributed by atoms with Crippen molar-refractivity contribution in [3.63, 3.8) is 0 Å². The van der Waals surface area contributed by atoms with Crippen LogP contribution in [-0.4, -0.2) is 34.9 Å². The van der Waals surface area contributed by atoms with Crippen molar-refractivity contribution in [3.05, 3.63) is 41.8 Å². The molecule has 3 rings (SSSR count). The average molecular weight is 322 g/mol. The van der Waals surface area contributed by atoms with E-state index in [1.54, 1.807) is 6.92 Å². The van der Waals surface area contributed by atoms with E-state index in [2.05, 4.69) is 4.98 Å². The number of amides is 1. The maximum Gasteiger partial charge on any atom is 0.291 e. The fraction of sp³-hybridized carbons (Fsp3) is 0.375. The number of carbonyl (C=O) groups excluding carboxylic acids is 1. The van der Waals surface area contributed by atoms with Gasteiger partial charge in [-0.1, -0.05) is 18.2 Å². The van der Waals surface area contributed by atoms with Crippen molar-refractivity contribution >= 4 is 18.3 Å². The number of hydrogen-bond donors (Lipinski definition) is 1. The first-order chi connectivity index (χ1) is 10.2. The highest BCUT2D eigenvalue weighted by Gasteiger charge is 2.31. The average Bonchev–Trinajstić information content (AvgIpc) is 3.13. The van der Waals surface area contributed by atoms with E-state index in [0.717, 1.165) is 24.9 Å². The van der Waals surface area contributed by atoms with Crippen LogP contribution in [0.1, 0.15) is 29.1 Å². The number of nitrogens with two attached hydrogens (primary N) is 1. The second-order valence-electron chi connectivity index (χ2n) is 5.33. The molecule has 118 valence electrons. The summed E-state index contributed by atoms with van der Waals surface area (Å²) in [5, 5.41) is 0. The van der Waals surface area contributed by atoms with Crippen LogP contribution in [-0.2, 0) is 0 Å². The Kier molecular flexibility index (Phi) is 5.21. The van der Waals surface area contributed by atoms with E-state index in [4.69, 9.17) is 10.2 Å². The van der Waals surface area contributed by atoms with Crippen molar-refractivity contribution in [2.24, 2.45) is 5.73 Å². The van der Waals surface area contributed by atoms with Crippen LogP contribution in [0.3, 0.4) is 0 Å². The van der Waals surface area contributed by atoms with Gasteiger partial charge >= 0.3 is 0 Å². The highest BCUT2D eigenvalue weighted by atomic mass is 35.5. The molecule has 1 fully saturated rings. The molecule has 0 aliphatic carbocycles. The van der Waals surface area contributed by atoms with E-state index in [1.807, 2.05) is 35.2 Å². The molecule has 0 radical (unpaired) electrons. The van der Waals surface area contributed by atoms with Crippen LogP contribution < -0.4 is 5.73 Å². The molecule has 0 bridgehead atoms. The molecule has 1 aliphatic rings. The SMILES string of the molecule is Cc1nc(-c2ccccc2)oc1C(=O)N1CCCC1CN.Cl. The molecule has 1 amide bonds. The number of aromatic nitrogens is 1. The standard InChI is InChI=1S/C16H19N3O2.ClH/c1-11-14(16(20)19-9-5-8-13(19)10-17)21-15(18-11)12-6-3-2-4-7-12;/h2-4,6-7,13H,5,8-10,17H2,1H3;1H. The van der Waals surface area contributed by atoms with Crippen LogP contribution in [0.4, 0.5) is 0 Å². The van der Waals surface area contributed by atoms with Gasteiger partial charge in [0.2, 0.25) is 11.7 Å². The fourth-order valence-electron chi connectivity index (χ4n) is 2.78. The summed E-state index contributed by atoms with van der Waals surface area (Å²) < 4.78 is 5.72. The number of benzene rings is 1.